The van der Waals surface area contributed by atoms with Crippen LogP contribution in [0.25, 0.3) is 0 Å². The van der Waals surface area contributed by atoms with Crippen LogP contribution in [0.15, 0.2) is 54.6 Å². The number of carbonyl (C=O) groups excluding carboxylic acids is 3. The number of ether oxygens (including phenoxy) is 2. The highest BCUT2D eigenvalue weighted by Gasteiger charge is 2.37. The molecule has 260 valence electrons. The molecule has 0 spiro atoms. The summed E-state index contributed by atoms with van der Waals surface area (Å²) in [6.45, 7) is 7.83. The molecule has 0 radical (unpaired) electrons. The molecule has 14 heteroatoms. The molecule has 12 nitrogen and oxygen atoms in total. The zero-order chi connectivity index (χ0) is 35.5. The second kappa shape index (κ2) is 14.6. The molecule has 0 aromatic heterocycles. The highest BCUT2D eigenvalue weighted by Crippen LogP contribution is 2.34. The van der Waals surface area contributed by atoms with Crippen molar-refractivity contribution in [3.63, 3.8) is 0 Å². The number of benzene rings is 3. The number of esters is 1. The maximum Gasteiger partial charge on any atom is 0.306 e. The van der Waals surface area contributed by atoms with Gasteiger partial charge in [-0.1, -0.05) is 18.2 Å². The van der Waals surface area contributed by atoms with Gasteiger partial charge in [0.25, 0.3) is 11.6 Å². The first-order chi connectivity index (χ1) is 23.2. The lowest BCUT2D eigenvalue weighted by molar-refractivity contribution is -0.385. The average Bonchev–Trinajstić information content (AvgIpc) is 3.36. The van der Waals surface area contributed by atoms with Gasteiger partial charge in [0.05, 0.1) is 23.2 Å². The smallest absolute Gasteiger partial charge is 0.306 e. The van der Waals surface area contributed by atoms with Crippen molar-refractivity contribution in [3.05, 3.63) is 98.6 Å². The van der Waals surface area contributed by atoms with Crippen molar-refractivity contribution in [2.75, 3.05) is 31.1 Å². The van der Waals surface area contributed by atoms with Crippen molar-refractivity contribution in [2.24, 2.45) is 5.73 Å². The third kappa shape index (κ3) is 8.49. The van der Waals surface area contributed by atoms with E-state index >= 15 is 4.39 Å². The Hall–Kier alpha value is -5.11. The number of nitro benzene ring substituents is 1. The molecule has 2 amide bonds. The monoisotopic (exact) mass is 679 g/mol. The summed E-state index contributed by atoms with van der Waals surface area (Å²) in [7, 11) is 0. The van der Waals surface area contributed by atoms with Crippen LogP contribution in [0.2, 0.25) is 0 Å². The largest absolute Gasteiger partial charge is 0.488 e. The fraction of sp³-hybridized carbons (Fsp3) is 0.400. The molecule has 5 rings (SSSR count). The summed E-state index contributed by atoms with van der Waals surface area (Å²) in [6, 6.07) is 12.4. The summed E-state index contributed by atoms with van der Waals surface area (Å²) in [5, 5.41) is 10.9. The molecule has 1 fully saturated rings. The molecule has 1 atom stereocenters. The van der Waals surface area contributed by atoms with Crippen molar-refractivity contribution < 1.29 is 37.6 Å². The maximum atomic E-state index is 15.2. The number of piperazine rings is 1. The number of hydrogen-bond acceptors (Lipinski definition) is 9. The van der Waals surface area contributed by atoms with Crippen LogP contribution < -0.4 is 15.4 Å². The number of carbonyl (C=O) groups is 3. The van der Waals surface area contributed by atoms with Crippen LogP contribution in [-0.4, -0.2) is 70.3 Å². The Labute approximate surface area is 282 Å². The fourth-order valence-electron chi connectivity index (χ4n) is 6.04. The number of halogens is 2. The van der Waals surface area contributed by atoms with Gasteiger partial charge >= 0.3 is 5.97 Å². The summed E-state index contributed by atoms with van der Waals surface area (Å²) in [5.74, 6) is -2.38. The van der Waals surface area contributed by atoms with Crippen LogP contribution in [0.4, 0.5) is 20.2 Å². The van der Waals surface area contributed by atoms with E-state index in [1.165, 1.54) is 23.1 Å². The lowest BCUT2D eigenvalue weighted by Gasteiger charge is -2.36. The summed E-state index contributed by atoms with van der Waals surface area (Å²) in [4.78, 5) is 53.4. The quantitative estimate of drug-likeness (QED) is 0.163. The van der Waals surface area contributed by atoms with Gasteiger partial charge in [0.2, 0.25) is 5.91 Å². The summed E-state index contributed by atoms with van der Waals surface area (Å²) < 4.78 is 41.0. The van der Waals surface area contributed by atoms with Crippen molar-refractivity contribution in [3.8, 4) is 5.75 Å². The van der Waals surface area contributed by atoms with Crippen molar-refractivity contribution in [2.45, 2.75) is 65.0 Å². The lowest BCUT2D eigenvalue weighted by Crippen LogP contribution is -2.46. The van der Waals surface area contributed by atoms with Gasteiger partial charge in [-0.05, 0) is 57.0 Å². The van der Waals surface area contributed by atoms with Crippen LogP contribution in [0.5, 0.6) is 5.75 Å². The second-order valence-corrected chi connectivity index (χ2v) is 13.1. The van der Waals surface area contributed by atoms with E-state index in [1.54, 1.807) is 45.0 Å². The minimum atomic E-state index is -1.03. The van der Waals surface area contributed by atoms with E-state index in [4.69, 9.17) is 15.2 Å². The van der Waals surface area contributed by atoms with Crippen LogP contribution in [0.1, 0.15) is 60.7 Å². The van der Waals surface area contributed by atoms with Crippen LogP contribution in [0, 0.1) is 21.7 Å². The highest BCUT2D eigenvalue weighted by molar-refractivity contribution is 6.01. The highest BCUT2D eigenvalue weighted by atomic mass is 19.1. The number of primary amides is 1. The number of nitrogens with zero attached hydrogens (tertiary/aromatic N) is 4. The molecular formula is C35H39F2N5O7. The number of rotatable bonds is 12. The molecule has 1 saturated heterocycles. The molecule has 0 bridgehead atoms. The maximum absolute atomic E-state index is 15.2. The number of non-ortho nitro benzene ring substituents is 1. The van der Waals surface area contributed by atoms with E-state index in [-0.39, 0.29) is 31.7 Å². The second-order valence-electron chi connectivity index (χ2n) is 13.1. The Balaban J connectivity index is 1.17. The van der Waals surface area contributed by atoms with Crippen molar-refractivity contribution in [1.82, 2.24) is 9.80 Å². The summed E-state index contributed by atoms with van der Waals surface area (Å²) in [5.41, 5.74) is 6.91. The molecule has 2 N–H and O–H groups in total. The van der Waals surface area contributed by atoms with Gasteiger partial charge in [-0.3, -0.25) is 29.4 Å². The van der Waals surface area contributed by atoms with E-state index in [2.05, 4.69) is 4.90 Å². The number of amides is 2. The molecule has 3 aromatic carbocycles. The Morgan fingerprint density at radius 2 is 1.76 bits per heavy atom. The van der Waals surface area contributed by atoms with E-state index < -0.39 is 46.0 Å². The van der Waals surface area contributed by atoms with E-state index in [9.17, 15) is 28.9 Å². The first-order valence-corrected chi connectivity index (χ1v) is 16.0. The van der Waals surface area contributed by atoms with Gasteiger partial charge in [-0.25, -0.2) is 8.78 Å². The van der Waals surface area contributed by atoms with Crippen LogP contribution >= 0.6 is 0 Å². The Kier molecular flexibility index (Phi) is 10.5. The predicted molar refractivity (Wildman–Crippen MR) is 176 cm³/mol. The molecule has 49 heavy (non-hydrogen) atoms. The van der Waals surface area contributed by atoms with E-state index in [0.29, 0.717) is 60.9 Å². The van der Waals surface area contributed by atoms with Gasteiger partial charge in [0.15, 0.2) is 5.82 Å². The predicted octanol–water partition coefficient (Wildman–Crippen LogP) is 4.71. The fourth-order valence-corrected chi connectivity index (χ4v) is 6.04. The number of hydrogen-bond donors (Lipinski definition) is 1. The molecular weight excluding hydrogens is 640 g/mol. The zero-order valence-electron chi connectivity index (χ0n) is 27.6. The third-order valence-electron chi connectivity index (χ3n) is 8.46. The van der Waals surface area contributed by atoms with Crippen LogP contribution in [-0.2, 0) is 34.0 Å². The van der Waals surface area contributed by atoms with Gasteiger partial charge < -0.3 is 25.0 Å². The van der Waals surface area contributed by atoms with Crippen molar-refractivity contribution >= 4 is 29.2 Å². The van der Waals surface area contributed by atoms with Gasteiger partial charge in [-0.15, -0.1) is 0 Å². The third-order valence-corrected chi connectivity index (χ3v) is 8.46. The molecule has 0 saturated carbocycles. The molecule has 2 heterocycles. The normalized spacial score (nSPS) is 15.6. The Bertz CT molecular complexity index is 1750. The SMILES string of the molecule is CC(C)(C)OC(=O)CC[C@@H](C(N)=O)N1Cc2c(OCc3ccc(CN4CCN(c5ccc([N+](=O)[O-])cc5F)CC4)cc3F)cccc2C1=O. The van der Waals surface area contributed by atoms with Gasteiger partial charge in [-0.2, -0.15) is 0 Å². The molecule has 3 aromatic rings. The summed E-state index contributed by atoms with van der Waals surface area (Å²) in [6.07, 6.45) is -0.0895. The molecule has 2 aliphatic rings. The van der Waals surface area contributed by atoms with Crippen LogP contribution in [0.3, 0.4) is 0 Å². The van der Waals surface area contributed by atoms with Crippen molar-refractivity contribution in [1.29, 1.82) is 0 Å². The molecule has 0 aliphatic carbocycles. The summed E-state index contributed by atoms with van der Waals surface area (Å²) >= 11 is 0. The Morgan fingerprint density at radius 1 is 1.02 bits per heavy atom. The minimum absolute atomic E-state index is 0.00570. The number of nitrogens with two attached hydrogens (primary N) is 1. The van der Waals surface area contributed by atoms with E-state index in [0.717, 1.165) is 11.6 Å². The average molecular weight is 680 g/mol. The van der Waals surface area contributed by atoms with Gasteiger partial charge in [0, 0.05) is 61.9 Å². The minimum Gasteiger partial charge on any atom is -0.488 e. The first-order valence-electron chi connectivity index (χ1n) is 16.0. The standard InChI is InChI=1S/C35H39F2N5O7/c1-35(2,3)49-32(43)12-11-30(33(38)44)41-20-26-25(34(41)45)5-4-6-31(26)48-21-23-8-7-22(17-27(23)36)19-39-13-15-40(16-14-39)29-10-9-24(42(46)47)18-28(29)37/h4-10,17-18,30H,11-16,19-21H2,1-3H3,(H2,38,44)/t30-/m0/s1. The van der Waals surface area contributed by atoms with Gasteiger partial charge in [0.1, 0.15) is 29.8 Å². The lowest BCUT2D eigenvalue weighted by atomic mass is 10.1. The zero-order valence-corrected chi connectivity index (χ0v) is 27.6. The van der Waals surface area contributed by atoms with E-state index in [1.807, 2.05) is 11.0 Å². The molecule has 2 aliphatic heterocycles. The molecule has 0 unspecified atom stereocenters. The Morgan fingerprint density at radius 3 is 2.39 bits per heavy atom. The first kappa shape index (κ1) is 35.2. The number of fused-ring (bicyclic) bond motifs is 1. The topological polar surface area (TPSA) is 149 Å². The number of anilines is 1. The number of nitro groups is 1.